The van der Waals surface area contributed by atoms with E-state index in [-0.39, 0.29) is 6.61 Å². The summed E-state index contributed by atoms with van der Waals surface area (Å²) in [6, 6.07) is 7.19. The molecule has 0 bridgehead atoms. The third kappa shape index (κ3) is 4.94. The summed E-state index contributed by atoms with van der Waals surface area (Å²) in [7, 11) is 1.56. The van der Waals surface area contributed by atoms with E-state index in [0.29, 0.717) is 12.3 Å². The van der Waals surface area contributed by atoms with E-state index in [1.807, 2.05) is 12.1 Å². The SMILES string of the molecule is COCc1ccccc1NC(=O)COCC(=O)O. The molecule has 0 atom stereocenters. The van der Waals surface area contributed by atoms with Crippen LogP contribution in [0.25, 0.3) is 0 Å². The zero-order valence-electron chi connectivity index (χ0n) is 10.0. The van der Waals surface area contributed by atoms with Crippen LogP contribution in [-0.4, -0.2) is 37.3 Å². The Bertz CT molecular complexity index is 419. The number of hydrogen-bond donors (Lipinski definition) is 2. The third-order valence-corrected chi connectivity index (χ3v) is 2.05. The summed E-state index contributed by atoms with van der Waals surface area (Å²) < 4.78 is 9.69. The fourth-order valence-corrected chi connectivity index (χ4v) is 1.34. The lowest BCUT2D eigenvalue weighted by atomic mass is 10.2. The minimum atomic E-state index is -1.11. The van der Waals surface area contributed by atoms with Gasteiger partial charge in [-0.25, -0.2) is 4.79 Å². The first-order chi connectivity index (χ1) is 8.63. The summed E-state index contributed by atoms with van der Waals surface area (Å²) in [5.41, 5.74) is 1.47. The molecule has 1 aromatic rings. The highest BCUT2D eigenvalue weighted by Gasteiger charge is 2.07. The van der Waals surface area contributed by atoms with Crippen LogP contribution in [0.15, 0.2) is 24.3 Å². The number of carboxylic acids is 1. The minimum Gasteiger partial charge on any atom is -0.480 e. The summed E-state index contributed by atoms with van der Waals surface area (Å²) in [5.74, 6) is -1.51. The fraction of sp³-hybridized carbons (Fsp3) is 0.333. The number of para-hydroxylation sites is 1. The molecule has 0 aliphatic carbocycles. The largest absolute Gasteiger partial charge is 0.480 e. The average molecular weight is 253 g/mol. The van der Waals surface area contributed by atoms with Crippen LogP contribution < -0.4 is 5.32 Å². The average Bonchev–Trinajstić information content (AvgIpc) is 2.31. The molecule has 98 valence electrons. The second-order valence-electron chi connectivity index (χ2n) is 3.52. The van der Waals surface area contributed by atoms with Crippen molar-refractivity contribution in [3.05, 3.63) is 29.8 Å². The van der Waals surface area contributed by atoms with Crippen LogP contribution in [-0.2, 0) is 25.7 Å². The Balaban J connectivity index is 2.50. The molecule has 0 heterocycles. The molecule has 0 aliphatic rings. The first-order valence-corrected chi connectivity index (χ1v) is 5.29. The monoisotopic (exact) mass is 253 g/mol. The number of nitrogens with one attached hydrogen (secondary N) is 1. The van der Waals surface area contributed by atoms with Crippen LogP contribution in [0.5, 0.6) is 0 Å². The van der Waals surface area contributed by atoms with Gasteiger partial charge >= 0.3 is 5.97 Å². The maximum Gasteiger partial charge on any atom is 0.329 e. The van der Waals surface area contributed by atoms with Gasteiger partial charge in [0.1, 0.15) is 13.2 Å². The van der Waals surface area contributed by atoms with Crippen molar-refractivity contribution in [3.8, 4) is 0 Å². The molecule has 2 N–H and O–H groups in total. The smallest absolute Gasteiger partial charge is 0.329 e. The number of rotatable bonds is 7. The summed E-state index contributed by atoms with van der Waals surface area (Å²) in [6.45, 7) is -0.410. The minimum absolute atomic E-state index is 0.298. The number of aliphatic carboxylic acids is 1. The fourth-order valence-electron chi connectivity index (χ4n) is 1.34. The van der Waals surface area contributed by atoms with Gasteiger partial charge in [0.15, 0.2) is 0 Å². The lowest BCUT2D eigenvalue weighted by Gasteiger charge is -2.10. The standard InChI is InChI=1S/C12H15NO5/c1-17-6-9-4-2-3-5-10(9)13-11(14)7-18-8-12(15)16/h2-5H,6-8H2,1H3,(H,13,14)(H,15,16). The molecule has 6 nitrogen and oxygen atoms in total. The number of amides is 1. The first kappa shape index (κ1) is 14.1. The Morgan fingerprint density at radius 2 is 2.00 bits per heavy atom. The maximum atomic E-state index is 11.5. The number of carboxylic acid groups (broad SMARTS) is 1. The molecular formula is C12H15NO5. The predicted molar refractivity (Wildman–Crippen MR) is 64.2 cm³/mol. The number of anilines is 1. The molecule has 1 amide bonds. The lowest BCUT2D eigenvalue weighted by Crippen LogP contribution is -2.21. The van der Waals surface area contributed by atoms with Gasteiger partial charge in [0.25, 0.3) is 0 Å². The zero-order chi connectivity index (χ0) is 13.4. The van der Waals surface area contributed by atoms with Crippen LogP contribution in [0.1, 0.15) is 5.56 Å². The van der Waals surface area contributed by atoms with E-state index in [1.165, 1.54) is 0 Å². The van der Waals surface area contributed by atoms with E-state index in [2.05, 4.69) is 10.1 Å². The van der Waals surface area contributed by atoms with Gasteiger partial charge in [0, 0.05) is 18.4 Å². The second-order valence-corrected chi connectivity index (χ2v) is 3.52. The quantitative estimate of drug-likeness (QED) is 0.753. The number of hydrogen-bond acceptors (Lipinski definition) is 4. The van der Waals surface area contributed by atoms with E-state index in [9.17, 15) is 9.59 Å². The highest BCUT2D eigenvalue weighted by Crippen LogP contribution is 2.15. The first-order valence-electron chi connectivity index (χ1n) is 5.29. The van der Waals surface area contributed by atoms with Crippen molar-refractivity contribution in [1.82, 2.24) is 0 Å². The Kier molecular flexibility index (Phi) is 5.83. The topological polar surface area (TPSA) is 84.9 Å². The molecule has 18 heavy (non-hydrogen) atoms. The normalized spacial score (nSPS) is 10.1. The highest BCUT2D eigenvalue weighted by molar-refractivity contribution is 5.92. The van der Waals surface area contributed by atoms with Gasteiger partial charge < -0.3 is 19.9 Å². The molecule has 1 aromatic carbocycles. The number of benzene rings is 1. The van der Waals surface area contributed by atoms with Crippen molar-refractivity contribution < 1.29 is 24.2 Å². The number of ether oxygens (including phenoxy) is 2. The summed E-state index contributed by atoms with van der Waals surface area (Å²) in [4.78, 5) is 21.7. The van der Waals surface area contributed by atoms with Crippen LogP contribution >= 0.6 is 0 Å². The molecule has 0 fully saturated rings. The van der Waals surface area contributed by atoms with E-state index in [4.69, 9.17) is 9.84 Å². The van der Waals surface area contributed by atoms with Crippen molar-refractivity contribution >= 4 is 17.6 Å². The molecule has 0 saturated heterocycles. The van der Waals surface area contributed by atoms with E-state index in [0.717, 1.165) is 5.56 Å². The summed E-state index contributed by atoms with van der Waals surface area (Å²) in [5, 5.41) is 11.0. The Hall–Kier alpha value is -1.92. The van der Waals surface area contributed by atoms with Crippen molar-refractivity contribution in [2.24, 2.45) is 0 Å². The van der Waals surface area contributed by atoms with Gasteiger partial charge in [0.05, 0.1) is 6.61 Å². The molecule has 0 aliphatic heterocycles. The molecule has 6 heteroatoms. The third-order valence-electron chi connectivity index (χ3n) is 2.05. The Morgan fingerprint density at radius 3 is 2.67 bits per heavy atom. The number of carbonyl (C=O) groups is 2. The van der Waals surface area contributed by atoms with E-state index >= 15 is 0 Å². The highest BCUT2D eigenvalue weighted by atomic mass is 16.5. The molecule has 0 saturated carbocycles. The zero-order valence-corrected chi connectivity index (χ0v) is 10.0. The molecular weight excluding hydrogens is 238 g/mol. The lowest BCUT2D eigenvalue weighted by molar-refractivity contribution is -0.143. The molecule has 0 unspecified atom stereocenters. The molecule has 1 rings (SSSR count). The van der Waals surface area contributed by atoms with Crippen molar-refractivity contribution in [1.29, 1.82) is 0 Å². The predicted octanol–water partition coefficient (Wildman–Crippen LogP) is 0.873. The van der Waals surface area contributed by atoms with Gasteiger partial charge in [0.2, 0.25) is 5.91 Å². The molecule has 0 aromatic heterocycles. The summed E-state index contributed by atoms with van der Waals surface area (Å²) >= 11 is 0. The van der Waals surface area contributed by atoms with Crippen LogP contribution in [0.4, 0.5) is 5.69 Å². The van der Waals surface area contributed by atoms with Crippen molar-refractivity contribution in [2.75, 3.05) is 25.6 Å². The Labute approximate surface area is 105 Å². The van der Waals surface area contributed by atoms with Gasteiger partial charge in [-0.1, -0.05) is 18.2 Å². The van der Waals surface area contributed by atoms with Crippen LogP contribution in [0.2, 0.25) is 0 Å². The van der Waals surface area contributed by atoms with Gasteiger partial charge in [-0.3, -0.25) is 4.79 Å². The van der Waals surface area contributed by atoms with Gasteiger partial charge in [-0.2, -0.15) is 0 Å². The summed E-state index contributed by atoms with van der Waals surface area (Å²) in [6.07, 6.45) is 0. The number of methoxy groups -OCH3 is 1. The van der Waals surface area contributed by atoms with Gasteiger partial charge in [-0.15, -0.1) is 0 Å². The van der Waals surface area contributed by atoms with Crippen molar-refractivity contribution in [2.45, 2.75) is 6.61 Å². The van der Waals surface area contributed by atoms with E-state index in [1.54, 1.807) is 19.2 Å². The molecule has 0 radical (unpaired) electrons. The van der Waals surface area contributed by atoms with Crippen LogP contribution in [0, 0.1) is 0 Å². The van der Waals surface area contributed by atoms with Gasteiger partial charge in [-0.05, 0) is 6.07 Å². The number of carbonyl (C=O) groups excluding carboxylic acids is 1. The van der Waals surface area contributed by atoms with E-state index < -0.39 is 18.5 Å². The van der Waals surface area contributed by atoms with Crippen LogP contribution in [0.3, 0.4) is 0 Å². The molecule has 0 spiro atoms. The maximum absolute atomic E-state index is 11.5. The Morgan fingerprint density at radius 1 is 1.28 bits per heavy atom. The second kappa shape index (κ2) is 7.41. The van der Waals surface area contributed by atoms with Crippen molar-refractivity contribution in [3.63, 3.8) is 0 Å².